The Hall–Kier alpha value is -3.61. The fourth-order valence-corrected chi connectivity index (χ4v) is 2.16. The van der Waals surface area contributed by atoms with Gasteiger partial charge in [-0.05, 0) is 36.4 Å². The molecule has 0 saturated carbocycles. The monoisotopic (exact) mass is 380 g/mol. The lowest BCUT2D eigenvalue weighted by molar-refractivity contribution is -0.137. The van der Waals surface area contributed by atoms with Crippen molar-refractivity contribution >= 4 is 23.3 Å². The highest BCUT2D eigenvalue weighted by molar-refractivity contribution is 6.00. The number of nitrogens with one attached hydrogen (secondary N) is 3. The van der Waals surface area contributed by atoms with Crippen LogP contribution in [0.15, 0.2) is 36.4 Å². The predicted molar refractivity (Wildman–Crippen MR) is 88.6 cm³/mol. The number of carbonyl (C=O) groups excluding carboxylic acids is 2. The molecule has 2 aromatic carbocycles. The summed E-state index contributed by atoms with van der Waals surface area (Å²) in [5, 5.41) is 15.4. The number of nitrogens with zero attached hydrogens (tertiary/aromatic N) is 1. The highest BCUT2D eigenvalue weighted by Crippen LogP contribution is 2.33. The van der Waals surface area contributed by atoms with Crippen molar-refractivity contribution in [2.24, 2.45) is 0 Å². The molecule has 0 aliphatic rings. The van der Waals surface area contributed by atoms with Gasteiger partial charge >= 0.3 is 12.2 Å². The molecular weight excluding hydrogens is 368 g/mol. The molecule has 10 heteroatoms. The first-order valence-electron chi connectivity index (χ1n) is 7.36. The second-order valence-electron chi connectivity index (χ2n) is 5.22. The number of alkyl halides is 3. The van der Waals surface area contributed by atoms with Gasteiger partial charge in [0.15, 0.2) is 0 Å². The van der Waals surface area contributed by atoms with Crippen molar-refractivity contribution < 1.29 is 27.2 Å². The van der Waals surface area contributed by atoms with Gasteiger partial charge in [0, 0.05) is 18.4 Å². The van der Waals surface area contributed by atoms with Crippen LogP contribution in [0.2, 0.25) is 0 Å². The van der Waals surface area contributed by atoms with E-state index in [1.807, 2.05) is 0 Å². The maximum Gasteiger partial charge on any atom is 0.417 e. The Labute approximate surface area is 150 Å². The Kier molecular flexibility index (Phi) is 5.65. The number of rotatable bonds is 3. The van der Waals surface area contributed by atoms with Crippen molar-refractivity contribution in [3.63, 3.8) is 0 Å². The Morgan fingerprint density at radius 3 is 2.15 bits per heavy atom. The number of halogens is 4. The molecule has 0 radical (unpaired) electrons. The molecule has 0 aliphatic heterocycles. The van der Waals surface area contributed by atoms with Gasteiger partial charge in [-0.25, -0.2) is 9.18 Å². The fraction of sp³-hybridized carbons (Fsp3) is 0.118. The number of anilines is 2. The van der Waals surface area contributed by atoms with Gasteiger partial charge in [0.2, 0.25) is 0 Å². The summed E-state index contributed by atoms with van der Waals surface area (Å²) < 4.78 is 52.6. The second kappa shape index (κ2) is 7.74. The molecule has 0 bridgehead atoms. The van der Waals surface area contributed by atoms with Gasteiger partial charge in [-0.2, -0.15) is 18.4 Å². The summed E-state index contributed by atoms with van der Waals surface area (Å²) in [5.41, 5.74) is -2.22. The minimum Gasteiger partial charge on any atom is -0.355 e. The number of carbonyl (C=O) groups is 2. The van der Waals surface area contributed by atoms with E-state index in [0.717, 1.165) is 24.3 Å². The lowest BCUT2D eigenvalue weighted by atomic mass is 10.1. The van der Waals surface area contributed by atoms with Gasteiger partial charge in [-0.1, -0.05) is 0 Å². The van der Waals surface area contributed by atoms with E-state index >= 15 is 0 Å². The third kappa shape index (κ3) is 4.72. The van der Waals surface area contributed by atoms with E-state index in [2.05, 4.69) is 16.0 Å². The quantitative estimate of drug-likeness (QED) is 0.709. The molecule has 27 heavy (non-hydrogen) atoms. The molecule has 2 aromatic rings. The third-order valence-electron chi connectivity index (χ3n) is 3.40. The zero-order valence-corrected chi connectivity index (χ0v) is 13.7. The standard InChI is InChI=1S/C17H12F4N4O2/c1-23-15(26)12-5-4-11(7-14(12)18)25-16(27)24-10-3-2-9(8-22)13(6-10)17(19,20)21/h2-7H,1H3,(H,23,26)(H2,24,25,27). The first-order chi connectivity index (χ1) is 12.7. The molecule has 0 aromatic heterocycles. The van der Waals surface area contributed by atoms with Crippen molar-refractivity contribution in [2.45, 2.75) is 6.18 Å². The molecule has 0 fully saturated rings. The summed E-state index contributed by atoms with van der Waals surface area (Å²) in [4.78, 5) is 23.3. The lowest BCUT2D eigenvalue weighted by Crippen LogP contribution is -2.21. The number of amides is 3. The van der Waals surface area contributed by atoms with Crippen LogP contribution in [0.3, 0.4) is 0 Å². The third-order valence-corrected chi connectivity index (χ3v) is 3.40. The van der Waals surface area contributed by atoms with Crippen molar-refractivity contribution in [3.8, 4) is 6.07 Å². The molecule has 3 amide bonds. The topological polar surface area (TPSA) is 94.0 Å². The molecule has 6 nitrogen and oxygen atoms in total. The van der Waals surface area contributed by atoms with Crippen LogP contribution in [0.25, 0.3) is 0 Å². The van der Waals surface area contributed by atoms with Crippen molar-refractivity contribution in [1.82, 2.24) is 5.32 Å². The average Bonchev–Trinajstić information content (AvgIpc) is 2.60. The van der Waals surface area contributed by atoms with Crippen LogP contribution in [0.5, 0.6) is 0 Å². The van der Waals surface area contributed by atoms with E-state index in [1.54, 1.807) is 0 Å². The summed E-state index contributed by atoms with van der Waals surface area (Å²) in [7, 11) is 1.33. The highest BCUT2D eigenvalue weighted by Gasteiger charge is 2.34. The number of urea groups is 1. The molecule has 140 valence electrons. The summed E-state index contributed by atoms with van der Waals surface area (Å²) in [5.74, 6) is -1.54. The van der Waals surface area contributed by atoms with Gasteiger partial charge < -0.3 is 16.0 Å². The fourth-order valence-electron chi connectivity index (χ4n) is 2.16. The first-order valence-corrected chi connectivity index (χ1v) is 7.36. The van der Waals surface area contributed by atoms with Gasteiger partial charge in [0.25, 0.3) is 5.91 Å². The van der Waals surface area contributed by atoms with Crippen LogP contribution >= 0.6 is 0 Å². The SMILES string of the molecule is CNC(=O)c1ccc(NC(=O)Nc2ccc(C#N)c(C(F)(F)F)c2)cc1F. The molecule has 3 N–H and O–H groups in total. The van der Waals surface area contributed by atoms with Gasteiger partial charge in [-0.15, -0.1) is 0 Å². The highest BCUT2D eigenvalue weighted by atomic mass is 19.4. The van der Waals surface area contributed by atoms with Crippen LogP contribution < -0.4 is 16.0 Å². The molecule has 2 rings (SSSR count). The Bertz CT molecular complexity index is 936. The molecule has 0 spiro atoms. The van der Waals surface area contributed by atoms with Gasteiger partial charge in [0.05, 0.1) is 22.8 Å². The number of nitriles is 1. The first kappa shape index (κ1) is 19.7. The smallest absolute Gasteiger partial charge is 0.355 e. The van der Waals surface area contributed by atoms with E-state index in [-0.39, 0.29) is 16.9 Å². The van der Waals surface area contributed by atoms with E-state index in [0.29, 0.717) is 6.07 Å². The molecule has 0 aliphatic carbocycles. The molecule has 0 heterocycles. The minimum absolute atomic E-state index is 0.0117. The predicted octanol–water partition coefficient (Wildman–Crippen LogP) is 3.72. The van der Waals surface area contributed by atoms with E-state index in [9.17, 15) is 27.2 Å². The van der Waals surface area contributed by atoms with Crippen LogP contribution in [-0.4, -0.2) is 19.0 Å². The van der Waals surface area contributed by atoms with Crippen molar-refractivity contribution in [2.75, 3.05) is 17.7 Å². The van der Waals surface area contributed by atoms with Gasteiger partial charge in [-0.3, -0.25) is 4.79 Å². The number of benzene rings is 2. The summed E-state index contributed by atoms with van der Waals surface area (Å²) in [6.07, 6.45) is -4.77. The summed E-state index contributed by atoms with van der Waals surface area (Å²) in [6, 6.07) is 6.46. The molecule has 0 unspecified atom stereocenters. The zero-order chi connectivity index (χ0) is 20.2. The molecule has 0 saturated heterocycles. The van der Waals surface area contributed by atoms with Crippen LogP contribution in [-0.2, 0) is 6.18 Å². The Morgan fingerprint density at radius 2 is 1.63 bits per heavy atom. The Morgan fingerprint density at radius 1 is 1.04 bits per heavy atom. The number of hydrogen-bond acceptors (Lipinski definition) is 3. The molecular formula is C17H12F4N4O2. The second-order valence-corrected chi connectivity index (χ2v) is 5.22. The maximum absolute atomic E-state index is 13.8. The molecule has 0 atom stereocenters. The average molecular weight is 380 g/mol. The van der Waals surface area contributed by atoms with E-state index < -0.39 is 35.1 Å². The minimum atomic E-state index is -4.77. The largest absolute Gasteiger partial charge is 0.417 e. The normalized spacial score (nSPS) is 10.7. The van der Waals surface area contributed by atoms with Gasteiger partial charge in [0.1, 0.15) is 5.82 Å². The van der Waals surface area contributed by atoms with Crippen LogP contribution in [0.1, 0.15) is 21.5 Å². The maximum atomic E-state index is 13.8. The van der Waals surface area contributed by atoms with Crippen molar-refractivity contribution in [1.29, 1.82) is 5.26 Å². The van der Waals surface area contributed by atoms with Crippen molar-refractivity contribution in [3.05, 3.63) is 58.9 Å². The van der Waals surface area contributed by atoms with E-state index in [1.165, 1.54) is 19.2 Å². The zero-order valence-electron chi connectivity index (χ0n) is 13.7. The number of hydrogen-bond donors (Lipinski definition) is 3. The van der Waals surface area contributed by atoms with Crippen LogP contribution in [0.4, 0.5) is 33.7 Å². The van der Waals surface area contributed by atoms with E-state index in [4.69, 9.17) is 5.26 Å². The Balaban J connectivity index is 2.16. The van der Waals surface area contributed by atoms with Crippen LogP contribution in [0, 0.1) is 17.1 Å². The summed E-state index contributed by atoms with van der Waals surface area (Å²) in [6.45, 7) is 0. The summed E-state index contributed by atoms with van der Waals surface area (Å²) >= 11 is 0. The lowest BCUT2D eigenvalue weighted by Gasteiger charge is -2.12.